The van der Waals surface area contributed by atoms with Gasteiger partial charge in [0, 0.05) is 36.7 Å². The molecule has 0 unspecified atom stereocenters. The molecule has 1 aliphatic rings. The highest BCUT2D eigenvalue weighted by atomic mass is 16.5. The van der Waals surface area contributed by atoms with Gasteiger partial charge in [-0.1, -0.05) is 25.3 Å². The van der Waals surface area contributed by atoms with Gasteiger partial charge >= 0.3 is 0 Å². The topological polar surface area (TPSA) is 60.5 Å². The lowest BCUT2D eigenvalue weighted by atomic mass is 9.98. The maximum Gasteiger partial charge on any atom is 0.251 e. The van der Waals surface area contributed by atoms with E-state index in [1.807, 2.05) is 38.1 Å². The molecule has 1 aliphatic carbocycles. The summed E-state index contributed by atoms with van der Waals surface area (Å²) in [6.07, 6.45) is 11.1. The molecule has 5 heteroatoms. The van der Waals surface area contributed by atoms with Crippen LogP contribution in [0.25, 0.3) is 0 Å². The number of aryl methyl sites for hydroxylation is 2. The zero-order valence-corrected chi connectivity index (χ0v) is 17.6. The molecular formula is C24H32N2O3. The van der Waals surface area contributed by atoms with E-state index in [0.717, 1.165) is 28.9 Å². The van der Waals surface area contributed by atoms with Crippen molar-refractivity contribution < 1.29 is 14.3 Å². The second kappa shape index (κ2) is 11.0. The van der Waals surface area contributed by atoms with Crippen LogP contribution in [0.2, 0.25) is 0 Å². The summed E-state index contributed by atoms with van der Waals surface area (Å²) in [6.45, 7) is 5.75. The van der Waals surface area contributed by atoms with Crippen LogP contribution in [0.5, 0.6) is 5.75 Å². The number of nitrogens with zero attached hydrogens (tertiary/aromatic N) is 1. The summed E-state index contributed by atoms with van der Waals surface area (Å²) in [4.78, 5) is 16.6. The number of hydrogen-bond acceptors (Lipinski definition) is 4. The zero-order valence-electron chi connectivity index (χ0n) is 17.6. The van der Waals surface area contributed by atoms with Crippen molar-refractivity contribution >= 4 is 5.91 Å². The van der Waals surface area contributed by atoms with E-state index >= 15 is 0 Å². The van der Waals surface area contributed by atoms with E-state index in [-0.39, 0.29) is 5.91 Å². The van der Waals surface area contributed by atoms with Gasteiger partial charge in [-0.25, -0.2) is 0 Å². The molecule has 1 aromatic heterocycles. The van der Waals surface area contributed by atoms with E-state index in [2.05, 4.69) is 10.3 Å². The standard InChI is InChI=1S/C24H32N2O3/c1-18-14-21(15-19(2)23(18)29-17-20-8-6-11-25-16-20)24(27)26-12-7-13-28-22-9-4-3-5-10-22/h6,8,11,14-16,22H,3-5,7,9-10,12-13,17H2,1-2H3,(H,26,27). The van der Waals surface area contributed by atoms with Crippen LogP contribution in [0.3, 0.4) is 0 Å². The number of ether oxygens (including phenoxy) is 2. The molecule has 156 valence electrons. The minimum Gasteiger partial charge on any atom is -0.488 e. The summed E-state index contributed by atoms with van der Waals surface area (Å²) in [5.41, 5.74) is 3.60. The van der Waals surface area contributed by atoms with Crippen LogP contribution in [0.15, 0.2) is 36.7 Å². The molecule has 1 saturated carbocycles. The Morgan fingerprint density at radius 3 is 2.62 bits per heavy atom. The van der Waals surface area contributed by atoms with E-state index in [4.69, 9.17) is 9.47 Å². The Balaban J connectivity index is 1.45. The molecule has 0 aliphatic heterocycles. The SMILES string of the molecule is Cc1cc(C(=O)NCCCOC2CCCCC2)cc(C)c1OCc1cccnc1. The summed E-state index contributed by atoms with van der Waals surface area (Å²) in [5.74, 6) is 0.777. The van der Waals surface area contributed by atoms with Crippen LogP contribution in [0.4, 0.5) is 0 Å². The molecule has 1 N–H and O–H groups in total. The third-order valence-corrected chi connectivity index (χ3v) is 5.34. The van der Waals surface area contributed by atoms with Gasteiger partial charge in [0.05, 0.1) is 6.10 Å². The van der Waals surface area contributed by atoms with Crippen molar-refractivity contribution in [3.63, 3.8) is 0 Å². The molecule has 0 saturated heterocycles. The van der Waals surface area contributed by atoms with Gasteiger partial charge in [-0.3, -0.25) is 9.78 Å². The second-order valence-corrected chi connectivity index (χ2v) is 7.83. The highest BCUT2D eigenvalue weighted by molar-refractivity contribution is 5.94. The number of amides is 1. The Morgan fingerprint density at radius 1 is 1.17 bits per heavy atom. The lowest BCUT2D eigenvalue weighted by molar-refractivity contribution is 0.0273. The van der Waals surface area contributed by atoms with Crippen molar-refractivity contribution in [1.29, 1.82) is 0 Å². The maximum atomic E-state index is 12.5. The fourth-order valence-electron chi connectivity index (χ4n) is 3.81. The van der Waals surface area contributed by atoms with Crippen LogP contribution in [-0.2, 0) is 11.3 Å². The number of hydrogen-bond donors (Lipinski definition) is 1. The smallest absolute Gasteiger partial charge is 0.251 e. The van der Waals surface area contributed by atoms with Gasteiger partial charge in [-0.2, -0.15) is 0 Å². The molecule has 1 fully saturated rings. The fraction of sp³-hybridized carbons (Fsp3) is 0.500. The highest BCUT2D eigenvalue weighted by Gasteiger charge is 2.14. The van der Waals surface area contributed by atoms with Crippen LogP contribution < -0.4 is 10.1 Å². The van der Waals surface area contributed by atoms with Crippen LogP contribution in [-0.4, -0.2) is 30.1 Å². The van der Waals surface area contributed by atoms with Gasteiger partial charge in [-0.05, 0) is 62.4 Å². The third-order valence-electron chi connectivity index (χ3n) is 5.34. The quantitative estimate of drug-likeness (QED) is 0.622. The summed E-state index contributed by atoms with van der Waals surface area (Å²) >= 11 is 0. The van der Waals surface area contributed by atoms with Crippen molar-refractivity contribution in [3.05, 3.63) is 58.9 Å². The average molecular weight is 397 g/mol. The Hall–Kier alpha value is -2.40. The van der Waals surface area contributed by atoms with Crippen molar-refractivity contribution in [2.75, 3.05) is 13.2 Å². The largest absolute Gasteiger partial charge is 0.488 e. The van der Waals surface area contributed by atoms with Crippen LogP contribution >= 0.6 is 0 Å². The molecule has 5 nitrogen and oxygen atoms in total. The first-order valence-electron chi connectivity index (χ1n) is 10.7. The minimum atomic E-state index is -0.0484. The molecule has 29 heavy (non-hydrogen) atoms. The van der Waals surface area contributed by atoms with Gasteiger partial charge < -0.3 is 14.8 Å². The van der Waals surface area contributed by atoms with E-state index in [0.29, 0.717) is 31.4 Å². The first kappa shape index (κ1) is 21.3. The third kappa shape index (κ3) is 6.57. The van der Waals surface area contributed by atoms with Gasteiger partial charge in [0.15, 0.2) is 0 Å². The highest BCUT2D eigenvalue weighted by Crippen LogP contribution is 2.26. The minimum absolute atomic E-state index is 0.0484. The normalized spacial score (nSPS) is 14.6. The number of carbonyl (C=O) groups excluding carboxylic acids is 1. The molecular weight excluding hydrogens is 364 g/mol. The number of rotatable bonds is 9. The summed E-state index contributed by atoms with van der Waals surface area (Å²) in [7, 11) is 0. The molecule has 1 heterocycles. The number of benzene rings is 1. The van der Waals surface area contributed by atoms with Crippen LogP contribution in [0.1, 0.15) is 65.6 Å². The van der Waals surface area contributed by atoms with E-state index in [9.17, 15) is 4.79 Å². The van der Waals surface area contributed by atoms with E-state index in [1.54, 1.807) is 12.4 Å². The first-order chi connectivity index (χ1) is 14.1. The summed E-state index contributed by atoms with van der Waals surface area (Å²) < 4.78 is 11.9. The molecule has 0 atom stereocenters. The van der Waals surface area contributed by atoms with Crippen molar-refractivity contribution in [2.24, 2.45) is 0 Å². The molecule has 1 aromatic carbocycles. The Labute approximate surface area is 173 Å². The lowest BCUT2D eigenvalue weighted by Crippen LogP contribution is -2.26. The van der Waals surface area contributed by atoms with Gasteiger partial charge in [0.1, 0.15) is 12.4 Å². The lowest BCUT2D eigenvalue weighted by Gasteiger charge is -2.21. The van der Waals surface area contributed by atoms with Crippen molar-refractivity contribution in [3.8, 4) is 5.75 Å². The number of carbonyl (C=O) groups is 1. The number of nitrogens with one attached hydrogen (secondary N) is 1. The summed E-state index contributed by atoms with van der Waals surface area (Å²) in [6, 6.07) is 7.66. The van der Waals surface area contributed by atoms with Gasteiger partial charge in [-0.15, -0.1) is 0 Å². The molecule has 2 aromatic rings. The van der Waals surface area contributed by atoms with E-state index in [1.165, 1.54) is 32.1 Å². The molecule has 0 spiro atoms. The van der Waals surface area contributed by atoms with Crippen LogP contribution in [0, 0.1) is 13.8 Å². The van der Waals surface area contributed by atoms with Crippen molar-refractivity contribution in [2.45, 2.75) is 65.1 Å². The Morgan fingerprint density at radius 2 is 1.93 bits per heavy atom. The van der Waals surface area contributed by atoms with Gasteiger partial charge in [0.2, 0.25) is 0 Å². The first-order valence-corrected chi connectivity index (χ1v) is 10.7. The Bertz CT molecular complexity index is 763. The molecule has 0 radical (unpaired) electrons. The maximum absolute atomic E-state index is 12.5. The summed E-state index contributed by atoms with van der Waals surface area (Å²) in [5, 5.41) is 3.00. The monoisotopic (exact) mass is 396 g/mol. The fourth-order valence-corrected chi connectivity index (χ4v) is 3.81. The molecule has 3 rings (SSSR count). The van der Waals surface area contributed by atoms with E-state index < -0.39 is 0 Å². The number of pyridine rings is 1. The predicted octanol–water partition coefficient (Wildman–Crippen LogP) is 4.75. The Kier molecular flexibility index (Phi) is 8.05. The average Bonchev–Trinajstić information content (AvgIpc) is 2.74. The van der Waals surface area contributed by atoms with Gasteiger partial charge in [0.25, 0.3) is 5.91 Å². The zero-order chi connectivity index (χ0) is 20.5. The molecule has 0 bridgehead atoms. The number of aromatic nitrogens is 1. The van der Waals surface area contributed by atoms with Crippen molar-refractivity contribution in [1.82, 2.24) is 10.3 Å². The second-order valence-electron chi connectivity index (χ2n) is 7.83. The predicted molar refractivity (Wildman–Crippen MR) is 114 cm³/mol. The molecule has 1 amide bonds.